The predicted octanol–water partition coefficient (Wildman–Crippen LogP) is 4.24. The average molecular weight is 279 g/mol. The van der Waals surface area contributed by atoms with Crippen LogP contribution in [0.3, 0.4) is 0 Å². The highest BCUT2D eigenvalue weighted by Gasteiger charge is 2.16. The third-order valence-corrected chi connectivity index (χ3v) is 2.55. The van der Waals surface area contributed by atoms with Crippen LogP contribution >= 0.6 is 11.6 Å². The number of hydrogen-bond acceptors (Lipinski definition) is 3. The maximum atomic E-state index is 11.6. The fraction of sp³-hybridized carbons (Fsp3) is 0.286. The van der Waals surface area contributed by atoms with Crippen LogP contribution in [0.5, 0.6) is 0 Å². The van der Waals surface area contributed by atoms with E-state index < -0.39 is 11.7 Å². The van der Waals surface area contributed by atoms with Gasteiger partial charge < -0.3 is 4.74 Å². The Balaban J connectivity index is 2.18. The van der Waals surface area contributed by atoms with Crippen LogP contribution in [0.15, 0.2) is 30.5 Å². The van der Waals surface area contributed by atoms with Crippen molar-refractivity contribution in [3.8, 4) is 0 Å². The highest BCUT2D eigenvalue weighted by Crippen LogP contribution is 2.21. The van der Waals surface area contributed by atoms with Gasteiger partial charge in [-0.05, 0) is 44.4 Å². The first-order valence-corrected chi connectivity index (χ1v) is 6.27. The van der Waals surface area contributed by atoms with E-state index in [1.54, 1.807) is 18.3 Å². The normalized spacial score (nSPS) is 11.4. The van der Waals surface area contributed by atoms with Crippen LogP contribution in [0, 0.1) is 0 Å². The smallest absolute Gasteiger partial charge is 0.413 e. The number of halogens is 1. The number of fused-ring (bicyclic) bond motifs is 1. The Morgan fingerprint density at radius 2 is 2.00 bits per heavy atom. The molecule has 0 aliphatic heterocycles. The van der Waals surface area contributed by atoms with Gasteiger partial charge in [-0.1, -0.05) is 17.7 Å². The first kappa shape index (κ1) is 13.6. The minimum Gasteiger partial charge on any atom is -0.444 e. The van der Waals surface area contributed by atoms with Crippen LogP contribution in [0.1, 0.15) is 20.8 Å². The van der Waals surface area contributed by atoms with Crippen LogP contribution in [0.2, 0.25) is 5.02 Å². The Morgan fingerprint density at radius 1 is 1.26 bits per heavy atom. The number of amides is 1. The molecule has 0 saturated carbocycles. The number of carbonyl (C=O) groups is 1. The summed E-state index contributed by atoms with van der Waals surface area (Å²) in [6, 6.07) is 7.26. The summed E-state index contributed by atoms with van der Waals surface area (Å²) in [5, 5.41) is 5.12. The molecule has 19 heavy (non-hydrogen) atoms. The molecule has 0 aliphatic carbocycles. The molecule has 1 aromatic heterocycles. The Hall–Kier alpha value is -1.81. The van der Waals surface area contributed by atoms with Gasteiger partial charge in [-0.3, -0.25) is 5.32 Å². The molecular formula is C14H15ClN2O2. The quantitative estimate of drug-likeness (QED) is 0.849. The lowest BCUT2D eigenvalue weighted by molar-refractivity contribution is 0.0635. The van der Waals surface area contributed by atoms with Crippen LogP contribution in [-0.2, 0) is 4.74 Å². The molecule has 0 radical (unpaired) electrons. The second-order valence-corrected chi connectivity index (χ2v) is 5.62. The zero-order valence-corrected chi connectivity index (χ0v) is 11.8. The molecular weight excluding hydrogens is 264 g/mol. The van der Waals surface area contributed by atoms with E-state index in [0.29, 0.717) is 10.8 Å². The molecule has 1 N–H and O–H groups in total. The molecule has 1 amide bonds. The van der Waals surface area contributed by atoms with Crippen LogP contribution in [-0.4, -0.2) is 16.7 Å². The summed E-state index contributed by atoms with van der Waals surface area (Å²) in [5.74, 6) is 0.448. The Bertz CT molecular complexity index is 620. The van der Waals surface area contributed by atoms with Gasteiger partial charge in [0.2, 0.25) is 0 Å². The van der Waals surface area contributed by atoms with E-state index in [-0.39, 0.29) is 0 Å². The largest absolute Gasteiger partial charge is 0.444 e. The molecule has 1 aromatic carbocycles. The van der Waals surface area contributed by atoms with E-state index in [1.165, 1.54) is 0 Å². The van der Waals surface area contributed by atoms with Gasteiger partial charge in [0.15, 0.2) is 0 Å². The lowest BCUT2D eigenvalue weighted by Crippen LogP contribution is -2.27. The molecule has 0 saturated heterocycles. The molecule has 0 aliphatic rings. The Kier molecular flexibility index (Phi) is 3.62. The van der Waals surface area contributed by atoms with Crippen molar-refractivity contribution in [3.63, 3.8) is 0 Å². The van der Waals surface area contributed by atoms with Crippen molar-refractivity contribution in [2.45, 2.75) is 26.4 Å². The maximum Gasteiger partial charge on any atom is 0.413 e. The molecule has 1 heterocycles. The van der Waals surface area contributed by atoms with Crippen molar-refractivity contribution in [2.24, 2.45) is 0 Å². The lowest BCUT2D eigenvalue weighted by atomic mass is 10.2. The van der Waals surface area contributed by atoms with E-state index in [2.05, 4.69) is 10.3 Å². The number of hydrogen-bond donors (Lipinski definition) is 1. The van der Waals surface area contributed by atoms with Gasteiger partial charge in [-0.2, -0.15) is 0 Å². The molecule has 0 unspecified atom stereocenters. The monoisotopic (exact) mass is 278 g/mol. The number of rotatable bonds is 1. The maximum absolute atomic E-state index is 11.6. The summed E-state index contributed by atoms with van der Waals surface area (Å²) >= 11 is 5.90. The number of anilines is 1. The number of benzene rings is 1. The van der Waals surface area contributed by atoms with Crippen LogP contribution < -0.4 is 5.32 Å². The molecule has 5 heteroatoms. The number of nitrogens with zero attached hydrogens (tertiary/aromatic N) is 1. The van der Waals surface area contributed by atoms with Crippen molar-refractivity contribution >= 4 is 34.3 Å². The van der Waals surface area contributed by atoms with E-state index in [1.807, 2.05) is 32.9 Å². The average Bonchev–Trinajstić information content (AvgIpc) is 2.26. The minimum atomic E-state index is -0.533. The topological polar surface area (TPSA) is 51.2 Å². The van der Waals surface area contributed by atoms with Crippen molar-refractivity contribution in [1.82, 2.24) is 4.98 Å². The third-order valence-electron chi connectivity index (χ3n) is 2.31. The summed E-state index contributed by atoms with van der Waals surface area (Å²) < 4.78 is 5.16. The van der Waals surface area contributed by atoms with Gasteiger partial charge in [-0.15, -0.1) is 0 Å². The van der Waals surface area contributed by atoms with E-state index >= 15 is 0 Å². The summed E-state index contributed by atoms with van der Waals surface area (Å²) in [6.45, 7) is 5.42. The van der Waals surface area contributed by atoms with Gasteiger partial charge >= 0.3 is 6.09 Å². The number of carbonyl (C=O) groups excluding carboxylic acids is 1. The van der Waals surface area contributed by atoms with Crippen LogP contribution in [0.4, 0.5) is 10.6 Å². The predicted molar refractivity (Wildman–Crippen MR) is 76.6 cm³/mol. The minimum absolute atomic E-state index is 0.448. The van der Waals surface area contributed by atoms with Crippen molar-refractivity contribution in [2.75, 3.05) is 5.32 Å². The molecule has 0 atom stereocenters. The molecule has 4 nitrogen and oxygen atoms in total. The SMILES string of the molecule is CC(C)(C)OC(=O)Nc1cc2ccc(Cl)cc2cn1. The fourth-order valence-corrected chi connectivity index (χ4v) is 1.77. The van der Waals surface area contributed by atoms with E-state index in [0.717, 1.165) is 10.8 Å². The Labute approximate surface area is 116 Å². The Morgan fingerprint density at radius 3 is 2.68 bits per heavy atom. The number of ether oxygens (including phenoxy) is 1. The zero-order chi connectivity index (χ0) is 14.0. The first-order chi connectivity index (χ1) is 8.83. The summed E-state index contributed by atoms with van der Waals surface area (Å²) in [7, 11) is 0. The highest BCUT2D eigenvalue weighted by molar-refractivity contribution is 6.31. The fourth-order valence-electron chi connectivity index (χ4n) is 1.59. The number of aromatic nitrogens is 1. The van der Waals surface area contributed by atoms with Crippen LogP contribution in [0.25, 0.3) is 10.8 Å². The molecule has 2 rings (SSSR count). The van der Waals surface area contributed by atoms with Crippen molar-refractivity contribution in [3.05, 3.63) is 35.5 Å². The van der Waals surface area contributed by atoms with Gasteiger partial charge in [0.05, 0.1) is 0 Å². The molecule has 100 valence electrons. The van der Waals surface area contributed by atoms with E-state index in [9.17, 15) is 4.79 Å². The van der Waals surface area contributed by atoms with Gasteiger partial charge in [0.1, 0.15) is 11.4 Å². The zero-order valence-electron chi connectivity index (χ0n) is 11.0. The molecule has 0 fully saturated rings. The standard InChI is InChI=1S/C14H15ClN2O2/c1-14(2,3)19-13(18)17-12-7-9-4-5-11(15)6-10(9)8-16-12/h4-8H,1-3H3,(H,16,17,18). The van der Waals surface area contributed by atoms with E-state index in [4.69, 9.17) is 16.3 Å². The van der Waals surface area contributed by atoms with Gasteiger partial charge in [0, 0.05) is 16.6 Å². The van der Waals surface area contributed by atoms with Crippen molar-refractivity contribution < 1.29 is 9.53 Å². The summed E-state index contributed by atoms with van der Waals surface area (Å²) in [5.41, 5.74) is -0.533. The second-order valence-electron chi connectivity index (χ2n) is 5.19. The number of nitrogens with one attached hydrogen (secondary N) is 1. The van der Waals surface area contributed by atoms with Gasteiger partial charge in [-0.25, -0.2) is 9.78 Å². The first-order valence-electron chi connectivity index (χ1n) is 5.89. The summed E-state index contributed by atoms with van der Waals surface area (Å²) in [4.78, 5) is 15.8. The van der Waals surface area contributed by atoms with Gasteiger partial charge in [0.25, 0.3) is 0 Å². The second kappa shape index (κ2) is 5.05. The number of pyridine rings is 1. The van der Waals surface area contributed by atoms with Crippen molar-refractivity contribution in [1.29, 1.82) is 0 Å². The molecule has 2 aromatic rings. The molecule has 0 spiro atoms. The third kappa shape index (κ3) is 3.83. The summed E-state index contributed by atoms with van der Waals surface area (Å²) in [6.07, 6.45) is 1.14. The lowest BCUT2D eigenvalue weighted by Gasteiger charge is -2.19. The highest BCUT2D eigenvalue weighted by atomic mass is 35.5. The molecule has 0 bridgehead atoms.